The first-order valence-electron chi connectivity index (χ1n) is 8.71. The summed E-state index contributed by atoms with van der Waals surface area (Å²) in [7, 11) is 1.70. The van der Waals surface area contributed by atoms with Gasteiger partial charge in [-0.1, -0.05) is 29.8 Å². The Morgan fingerprint density at radius 1 is 1.00 bits per heavy atom. The molecule has 3 rings (SSSR count). The molecule has 2 aromatic rings. The van der Waals surface area contributed by atoms with Gasteiger partial charge < -0.3 is 19.8 Å². The Morgan fingerprint density at radius 3 is 2.11 bits per heavy atom. The third-order valence-electron chi connectivity index (χ3n) is 4.29. The molecule has 0 spiro atoms. The molecule has 8 heteroatoms. The average Bonchev–Trinajstić information content (AvgIpc) is 2.69. The number of anilines is 1. The topological polar surface area (TPSA) is 90.3 Å². The number of piperazine rings is 1. The first-order chi connectivity index (χ1) is 13.4. The second-order valence-electron chi connectivity index (χ2n) is 6.20. The zero-order valence-electron chi connectivity index (χ0n) is 15.5. The summed E-state index contributed by atoms with van der Waals surface area (Å²) in [6.07, 6.45) is 0. The highest BCUT2D eigenvalue weighted by molar-refractivity contribution is 6.30. The minimum absolute atomic E-state index is 0.804. The monoisotopic (exact) mass is 406 g/mol. The molecule has 1 saturated heterocycles. The summed E-state index contributed by atoms with van der Waals surface area (Å²) in [5.74, 6) is -2.74. The Hall–Kier alpha value is -2.77. The molecule has 1 heterocycles. The van der Waals surface area contributed by atoms with E-state index in [0.717, 1.165) is 43.5 Å². The molecular formula is C20H23ClN2O5. The highest BCUT2D eigenvalue weighted by Crippen LogP contribution is 2.21. The van der Waals surface area contributed by atoms with Crippen LogP contribution in [-0.2, 0) is 16.1 Å². The molecule has 28 heavy (non-hydrogen) atoms. The summed E-state index contributed by atoms with van der Waals surface area (Å²) >= 11 is 6.08. The van der Waals surface area contributed by atoms with Crippen molar-refractivity contribution in [2.24, 2.45) is 0 Å². The van der Waals surface area contributed by atoms with Crippen LogP contribution < -0.4 is 9.64 Å². The maximum Gasteiger partial charge on any atom is 0.414 e. The van der Waals surface area contributed by atoms with Crippen LogP contribution in [0.25, 0.3) is 0 Å². The lowest BCUT2D eigenvalue weighted by Gasteiger charge is -2.36. The van der Waals surface area contributed by atoms with Crippen LogP contribution in [0.15, 0.2) is 48.5 Å². The van der Waals surface area contributed by atoms with Crippen LogP contribution in [0.5, 0.6) is 5.75 Å². The number of nitrogens with zero attached hydrogens (tertiary/aromatic N) is 2. The van der Waals surface area contributed by atoms with Gasteiger partial charge in [0, 0.05) is 43.4 Å². The van der Waals surface area contributed by atoms with Crippen LogP contribution in [0.3, 0.4) is 0 Å². The second-order valence-corrected chi connectivity index (χ2v) is 6.64. The van der Waals surface area contributed by atoms with E-state index >= 15 is 0 Å². The fraction of sp³-hybridized carbons (Fsp3) is 0.300. The average molecular weight is 407 g/mol. The lowest BCUT2D eigenvalue weighted by Crippen LogP contribution is -2.45. The second kappa shape index (κ2) is 10.5. The first kappa shape index (κ1) is 21.5. The highest BCUT2D eigenvalue weighted by Gasteiger charge is 2.17. The van der Waals surface area contributed by atoms with Crippen molar-refractivity contribution in [2.45, 2.75) is 6.54 Å². The molecule has 0 aliphatic carbocycles. The maximum absolute atomic E-state index is 9.10. The number of rotatable bonds is 4. The van der Waals surface area contributed by atoms with E-state index in [-0.39, 0.29) is 0 Å². The number of carbonyl (C=O) groups is 2. The Labute approximate surface area is 168 Å². The number of carboxylic acid groups (broad SMARTS) is 2. The molecule has 2 aromatic carbocycles. The molecule has 0 bridgehead atoms. The van der Waals surface area contributed by atoms with Crippen molar-refractivity contribution in [3.8, 4) is 5.75 Å². The molecule has 0 radical (unpaired) electrons. The van der Waals surface area contributed by atoms with Gasteiger partial charge in [-0.3, -0.25) is 4.90 Å². The quantitative estimate of drug-likeness (QED) is 0.754. The number of halogens is 1. The van der Waals surface area contributed by atoms with Crippen molar-refractivity contribution in [3.05, 3.63) is 59.1 Å². The van der Waals surface area contributed by atoms with Crippen LogP contribution in [0.2, 0.25) is 5.02 Å². The molecule has 150 valence electrons. The van der Waals surface area contributed by atoms with Gasteiger partial charge in [0.1, 0.15) is 5.75 Å². The van der Waals surface area contributed by atoms with Gasteiger partial charge in [-0.15, -0.1) is 0 Å². The minimum Gasteiger partial charge on any atom is -0.497 e. The summed E-state index contributed by atoms with van der Waals surface area (Å²) in [6, 6.07) is 16.4. The van der Waals surface area contributed by atoms with E-state index in [1.54, 1.807) is 7.11 Å². The Balaban J connectivity index is 0.000000409. The van der Waals surface area contributed by atoms with Crippen molar-refractivity contribution in [2.75, 3.05) is 38.2 Å². The van der Waals surface area contributed by atoms with Crippen molar-refractivity contribution >= 4 is 29.2 Å². The van der Waals surface area contributed by atoms with Crippen molar-refractivity contribution in [1.29, 1.82) is 0 Å². The molecule has 1 aliphatic heterocycles. The third kappa shape index (κ3) is 6.75. The van der Waals surface area contributed by atoms with Gasteiger partial charge in [0.25, 0.3) is 0 Å². The minimum atomic E-state index is -1.82. The van der Waals surface area contributed by atoms with E-state index in [9.17, 15) is 0 Å². The van der Waals surface area contributed by atoms with Crippen LogP contribution in [0, 0.1) is 0 Å². The Morgan fingerprint density at radius 2 is 1.61 bits per heavy atom. The number of methoxy groups -OCH3 is 1. The van der Waals surface area contributed by atoms with E-state index in [1.807, 2.05) is 30.3 Å². The summed E-state index contributed by atoms with van der Waals surface area (Å²) in [4.78, 5) is 23.1. The zero-order chi connectivity index (χ0) is 20.5. The predicted octanol–water partition coefficient (Wildman–Crippen LogP) is 2.83. The van der Waals surface area contributed by atoms with E-state index in [4.69, 9.17) is 36.1 Å². The van der Waals surface area contributed by atoms with Crippen LogP contribution >= 0.6 is 11.6 Å². The number of aliphatic carboxylic acids is 2. The maximum atomic E-state index is 9.10. The van der Waals surface area contributed by atoms with Crippen LogP contribution in [-0.4, -0.2) is 60.3 Å². The molecule has 7 nitrogen and oxygen atoms in total. The third-order valence-corrected chi connectivity index (χ3v) is 4.53. The number of benzene rings is 2. The predicted molar refractivity (Wildman–Crippen MR) is 107 cm³/mol. The molecule has 0 saturated carbocycles. The van der Waals surface area contributed by atoms with Crippen LogP contribution in [0.4, 0.5) is 5.69 Å². The normalized spacial score (nSPS) is 14.0. The summed E-state index contributed by atoms with van der Waals surface area (Å²) in [6.45, 7) is 5.21. The van der Waals surface area contributed by atoms with Gasteiger partial charge in [0.2, 0.25) is 0 Å². The molecule has 0 aromatic heterocycles. The van der Waals surface area contributed by atoms with Gasteiger partial charge in [-0.25, -0.2) is 9.59 Å². The van der Waals surface area contributed by atoms with E-state index < -0.39 is 11.9 Å². The fourth-order valence-corrected chi connectivity index (χ4v) is 3.01. The molecule has 0 amide bonds. The first-order valence-corrected chi connectivity index (χ1v) is 9.09. The van der Waals surface area contributed by atoms with Gasteiger partial charge >= 0.3 is 11.9 Å². The lowest BCUT2D eigenvalue weighted by atomic mass is 10.2. The van der Waals surface area contributed by atoms with Crippen molar-refractivity contribution in [1.82, 2.24) is 4.90 Å². The Bertz CT molecular complexity index is 777. The van der Waals surface area contributed by atoms with Crippen molar-refractivity contribution in [3.63, 3.8) is 0 Å². The summed E-state index contributed by atoms with van der Waals surface area (Å²) in [5.41, 5.74) is 2.55. The van der Waals surface area contributed by atoms with Gasteiger partial charge in [-0.05, 0) is 35.9 Å². The van der Waals surface area contributed by atoms with E-state index in [1.165, 1.54) is 11.3 Å². The summed E-state index contributed by atoms with van der Waals surface area (Å²) < 4.78 is 5.20. The van der Waals surface area contributed by atoms with Gasteiger partial charge in [-0.2, -0.15) is 0 Å². The fourth-order valence-electron chi connectivity index (χ4n) is 2.83. The zero-order valence-corrected chi connectivity index (χ0v) is 16.3. The lowest BCUT2D eigenvalue weighted by molar-refractivity contribution is -0.159. The molecule has 0 unspecified atom stereocenters. The SMILES string of the molecule is COc1ccc(CN2CCN(c3cccc(Cl)c3)CC2)cc1.O=C(O)C(=O)O. The largest absolute Gasteiger partial charge is 0.497 e. The number of hydrogen-bond donors (Lipinski definition) is 2. The van der Waals surface area contributed by atoms with Crippen molar-refractivity contribution < 1.29 is 24.5 Å². The number of ether oxygens (including phenoxy) is 1. The molecule has 1 aliphatic rings. The smallest absolute Gasteiger partial charge is 0.414 e. The summed E-state index contributed by atoms with van der Waals surface area (Å²) in [5, 5.41) is 15.6. The standard InChI is InChI=1S/C18H21ClN2O.C2H2O4/c1-22-18-7-5-15(6-8-18)14-20-9-11-21(12-10-20)17-4-2-3-16(19)13-17;3-1(4)2(5)6/h2-8,13H,9-12,14H2,1H3;(H,3,4)(H,5,6). The molecular weight excluding hydrogens is 384 g/mol. The highest BCUT2D eigenvalue weighted by atomic mass is 35.5. The molecule has 1 fully saturated rings. The number of hydrogen-bond acceptors (Lipinski definition) is 5. The Kier molecular flexibility index (Phi) is 8.10. The number of carboxylic acids is 2. The van der Waals surface area contributed by atoms with Gasteiger partial charge in [0.15, 0.2) is 0 Å². The molecule has 0 atom stereocenters. The van der Waals surface area contributed by atoms with Gasteiger partial charge in [0.05, 0.1) is 7.11 Å². The molecule has 2 N–H and O–H groups in total. The van der Waals surface area contributed by atoms with E-state index in [2.05, 4.69) is 28.0 Å². The van der Waals surface area contributed by atoms with Crippen LogP contribution in [0.1, 0.15) is 5.56 Å². The van der Waals surface area contributed by atoms with E-state index in [0.29, 0.717) is 0 Å².